The van der Waals surface area contributed by atoms with E-state index in [-0.39, 0.29) is 10.6 Å². The molecule has 11 heteroatoms. The summed E-state index contributed by atoms with van der Waals surface area (Å²) in [5.74, 6) is 1.20. The average molecular weight is 584 g/mol. The van der Waals surface area contributed by atoms with Gasteiger partial charge in [-0.1, -0.05) is 13.0 Å². The second-order valence-electron chi connectivity index (χ2n) is 9.16. The van der Waals surface area contributed by atoms with Crippen molar-refractivity contribution in [3.8, 4) is 23.0 Å². The molecule has 0 aromatic heterocycles. The molecule has 1 amide bonds. The number of hydrazone groups is 1. The molecule has 3 aromatic rings. The lowest BCUT2D eigenvalue weighted by Gasteiger charge is -2.25. The molecule has 0 saturated carbocycles. The van der Waals surface area contributed by atoms with Crippen molar-refractivity contribution >= 4 is 27.8 Å². The van der Waals surface area contributed by atoms with Gasteiger partial charge in [-0.25, -0.2) is 13.8 Å². The zero-order valence-corrected chi connectivity index (χ0v) is 25.1. The van der Waals surface area contributed by atoms with Crippen molar-refractivity contribution < 1.29 is 32.2 Å². The summed E-state index contributed by atoms with van der Waals surface area (Å²) in [6.45, 7) is 8.13. The molecule has 3 aromatic carbocycles. The predicted molar refractivity (Wildman–Crippen MR) is 159 cm³/mol. The SMILES string of the molecule is CCCOc1ccc(/C=N\NC(=O)CN(c2cc(C)cc(C)c2)S(=O)(=O)c2ccc(OC)c(OC)c2)cc1OCC. The minimum absolute atomic E-state index is 0.0561. The number of benzene rings is 3. The number of hydrogen-bond acceptors (Lipinski definition) is 8. The van der Waals surface area contributed by atoms with Crippen LogP contribution in [0.5, 0.6) is 23.0 Å². The van der Waals surface area contributed by atoms with E-state index in [2.05, 4.69) is 10.5 Å². The molecular formula is C30H37N3O7S. The smallest absolute Gasteiger partial charge is 0.264 e. The third-order valence-electron chi connectivity index (χ3n) is 5.86. The topological polar surface area (TPSA) is 116 Å². The van der Waals surface area contributed by atoms with E-state index < -0.39 is 22.5 Å². The van der Waals surface area contributed by atoms with E-state index in [0.717, 1.165) is 21.9 Å². The summed E-state index contributed by atoms with van der Waals surface area (Å²) in [6.07, 6.45) is 2.32. The number of methoxy groups -OCH3 is 2. The zero-order valence-electron chi connectivity index (χ0n) is 24.3. The van der Waals surface area contributed by atoms with E-state index in [0.29, 0.717) is 41.7 Å². The Morgan fingerprint density at radius 3 is 2.20 bits per heavy atom. The fourth-order valence-electron chi connectivity index (χ4n) is 4.06. The second-order valence-corrected chi connectivity index (χ2v) is 11.0. The van der Waals surface area contributed by atoms with Crippen LogP contribution in [0.3, 0.4) is 0 Å². The standard InChI is InChI=1S/C30H37N3O7S/c1-7-13-40-27-11-9-23(17-29(27)39-8-2)19-31-32-30(34)20-33(24-15-21(3)14-22(4)16-24)41(35,36)25-10-12-26(37-5)28(18-25)38-6/h9-12,14-19H,7-8,13,20H2,1-6H3,(H,32,34)/b31-19-. The quantitative estimate of drug-likeness (QED) is 0.213. The second kappa shape index (κ2) is 14.4. The first-order valence-corrected chi connectivity index (χ1v) is 14.6. The minimum Gasteiger partial charge on any atom is -0.493 e. The summed E-state index contributed by atoms with van der Waals surface area (Å²) in [6, 6.07) is 14.9. The summed E-state index contributed by atoms with van der Waals surface area (Å²) in [7, 11) is -1.30. The summed E-state index contributed by atoms with van der Waals surface area (Å²) >= 11 is 0. The summed E-state index contributed by atoms with van der Waals surface area (Å²) in [4.78, 5) is 13.0. The van der Waals surface area contributed by atoms with Crippen LogP contribution in [0.25, 0.3) is 0 Å². The maximum absolute atomic E-state index is 13.8. The largest absolute Gasteiger partial charge is 0.493 e. The van der Waals surface area contributed by atoms with Crippen molar-refractivity contribution in [2.45, 2.75) is 39.0 Å². The molecule has 0 heterocycles. The van der Waals surface area contributed by atoms with E-state index in [9.17, 15) is 13.2 Å². The number of carbonyl (C=O) groups excluding carboxylic acids is 1. The lowest BCUT2D eigenvalue weighted by atomic mass is 10.1. The number of amides is 1. The molecular weight excluding hydrogens is 546 g/mol. The van der Waals surface area contributed by atoms with Crippen LogP contribution < -0.4 is 28.7 Å². The first kappa shape index (κ1) is 31.3. The van der Waals surface area contributed by atoms with Crippen molar-refractivity contribution in [3.63, 3.8) is 0 Å². The van der Waals surface area contributed by atoms with Crippen LogP contribution >= 0.6 is 0 Å². The highest BCUT2D eigenvalue weighted by molar-refractivity contribution is 7.92. The summed E-state index contributed by atoms with van der Waals surface area (Å²) < 4.78 is 50.7. The molecule has 0 aliphatic heterocycles. The molecule has 0 saturated heterocycles. The lowest BCUT2D eigenvalue weighted by Crippen LogP contribution is -2.39. The molecule has 0 bridgehead atoms. The van der Waals surface area contributed by atoms with Crippen LogP contribution in [0, 0.1) is 13.8 Å². The molecule has 10 nitrogen and oxygen atoms in total. The highest BCUT2D eigenvalue weighted by atomic mass is 32.2. The Hall–Kier alpha value is -4.25. The Morgan fingerprint density at radius 1 is 0.878 bits per heavy atom. The first-order chi connectivity index (χ1) is 19.6. The third-order valence-corrected chi connectivity index (χ3v) is 7.63. The Labute approximate surface area is 241 Å². The molecule has 220 valence electrons. The van der Waals surface area contributed by atoms with Crippen LogP contribution in [0.4, 0.5) is 5.69 Å². The van der Waals surface area contributed by atoms with E-state index in [4.69, 9.17) is 18.9 Å². The van der Waals surface area contributed by atoms with Gasteiger partial charge in [0.25, 0.3) is 15.9 Å². The van der Waals surface area contributed by atoms with Gasteiger partial charge in [-0.15, -0.1) is 0 Å². The third kappa shape index (κ3) is 8.14. The molecule has 0 atom stereocenters. The van der Waals surface area contributed by atoms with Crippen LogP contribution in [0.1, 0.15) is 37.0 Å². The van der Waals surface area contributed by atoms with Gasteiger partial charge in [0, 0.05) is 6.07 Å². The van der Waals surface area contributed by atoms with Gasteiger partial charge in [0.05, 0.1) is 44.2 Å². The van der Waals surface area contributed by atoms with E-state index >= 15 is 0 Å². The maximum atomic E-state index is 13.8. The molecule has 0 aliphatic carbocycles. The van der Waals surface area contributed by atoms with E-state index in [1.165, 1.54) is 38.6 Å². The Balaban J connectivity index is 1.87. The van der Waals surface area contributed by atoms with Gasteiger partial charge in [0.1, 0.15) is 6.54 Å². The fraction of sp³-hybridized carbons (Fsp3) is 0.333. The van der Waals surface area contributed by atoms with Gasteiger partial charge in [0.2, 0.25) is 0 Å². The highest BCUT2D eigenvalue weighted by Crippen LogP contribution is 2.33. The van der Waals surface area contributed by atoms with E-state index in [1.54, 1.807) is 30.3 Å². The average Bonchev–Trinajstić information content (AvgIpc) is 2.94. The van der Waals surface area contributed by atoms with Crippen molar-refractivity contribution in [2.24, 2.45) is 5.10 Å². The van der Waals surface area contributed by atoms with Crippen LogP contribution in [-0.4, -0.2) is 54.5 Å². The molecule has 0 radical (unpaired) electrons. The number of ether oxygens (including phenoxy) is 4. The first-order valence-electron chi connectivity index (χ1n) is 13.2. The number of rotatable bonds is 14. The number of aryl methyl sites for hydroxylation is 2. The predicted octanol–water partition coefficient (Wildman–Crippen LogP) is 4.85. The zero-order chi connectivity index (χ0) is 30.0. The molecule has 1 N–H and O–H groups in total. The maximum Gasteiger partial charge on any atom is 0.264 e. The van der Waals surface area contributed by atoms with Gasteiger partial charge in [0.15, 0.2) is 23.0 Å². The molecule has 0 fully saturated rings. The highest BCUT2D eigenvalue weighted by Gasteiger charge is 2.28. The molecule has 41 heavy (non-hydrogen) atoms. The van der Waals surface area contributed by atoms with Gasteiger partial charge in [-0.2, -0.15) is 5.10 Å². The van der Waals surface area contributed by atoms with Gasteiger partial charge in [-0.3, -0.25) is 9.10 Å². The Morgan fingerprint density at radius 2 is 1.56 bits per heavy atom. The number of nitrogens with one attached hydrogen (secondary N) is 1. The van der Waals surface area contributed by atoms with Crippen molar-refractivity contribution in [1.82, 2.24) is 5.43 Å². The minimum atomic E-state index is -4.19. The summed E-state index contributed by atoms with van der Waals surface area (Å²) in [5.41, 5.74) is 5.15. The molecule has 0 aliphatic rings. The van der Waals surface area contributed by atoms with Crippen molar-refractivity contribution in [3.05, 3.63) is 71.3 Å². The lowest BCUT2D eigenvalue weighted by molar-refractivity contribution is -0.119. The van der Waals surface area contributed by atoms with E-state index in [1.807, 2.05) is 33.8 Å². The van der Waals surface area contributed by atoms with Gasteiger partial charge < -0.3 is 18.9 Å². The number of sulfonamides is 1. The number of hydrogen-bond donors (Lipinski definition) is 1. The van der Waals surface area contributed by atoms with Crippen LogP contribution in [-0.2, 0) is 14.8 Å². The van der Waals surface area contributed by atoms with Crippen LogP contribution in [0.2, 0.25) is 0 Å². The normalized spacial score (nSPS) is 11.3. The van der Waals surface area contributed by atoms with Crippen molar-refractivity contribution in [2.75, 3.05) is 38.3 Å². The Bertz CT molecular complexity index is 1470. The number of nitrogens with zero attached hydrogens (tertiary/aromatic N) is 2. The number of anilines is 1. The van der Waals surface area contributed by atoms with Gasteiger partial charge >= 0.3 is 0 Å². The monoisotopic (exact) mass is 583 g/mol. The van der Waals surface area contributed by atoms with Gasteiger partial charge in [-0.05, 0) is 86.3 Å². The Kier molecular flexibility index (Phi) is 11.0. The summed E-state index contributed by atoms with van der Waals surface area (Å²) in [5, 5.41) is 4.04. The fourth-order valence-corrected chi connectivity index (χ4v) is 5.48. The molecule has 3 rings (SSSR count). The molecule has 0 spiro atoms. The molecule has 0 unspecified atom stereocenters. The number of carbonyl (C=O) groups is 1. The van der Waals surface area contributed by atoms with Crippen LogP contribution in [0.15, 0.2) is 64.6 Å². The van der Waals surface area contributed by atoms with Crippen molar-refractivity contribution in [1.29, 1.82) is 0 Å².